The molecule has 2 heterocycles. The standard InChI is InChI=1S/C27H25N5O8/c1-39-19-9-4-7-17(13-19)24-26(28-15-23(35)40-2)31-11-5-10-20(25(31)30-24)27(36)29-21(14-22(33)34)16-6-3-8-18(12-16)32(37)38/h3-13,21,28H,14-15H2,1-2H3,(H,29,36)(H,33,34). The number of carboxylic acid groups (broad SMARTS) is 1. The minimum atomic E-state index is -1.20. The zero-order valence-corrected chi connectivity index (χ0v) is 21.5. The molecule has 0 spiro atoms. The maximum atomic E-state index is 13.5. The Morgan fingerprint density at radius 3 is 2.58 bits per heavy atom. The number of methoxy groups -OCH3 is 2. The number of hydrogen-bond donors (Lipinski definition) is 3. The van der Waals surface area contributed by atoms with Gasteiger partial charge >= 0.3 is 11.9 Å². The number of hydrogen-bond acceptors (Lipinski definition) is 9. The van der Waals surface area contributed by atoms with Gasteiger partial charge in [0.15, 0.2) is 5.65 Å². The molecule has 4 aromatic rings. The van der Waals surface area contributed by atoms with E-state index in [9.17, 15) is 29.6 Å². The van der Waals surface area contributed by atoms with Gasteiger partial charge in [0.25, 0.3) is 11.6 Å². The zero-order valence-electron chi connectivity index (χ0n) is 21.5. The average molecular weight is 548 g/mol. The summed E-state index contributed by atoms with van der Waals surface area (Å²) in [7, 11) is 2.79. The van der Waals surface area contributed by atoms with Gasteiger partial charge in [0, 0.05) is 23.9 Å². The molecular formula is C27H25N5O8. The van der Waals surface area contributed by atoms with Gasteiger partial charge in [-0.15, -0.1) is 0 Å². The van der Waals surface area contributed by atoms with Crippen molar-refractivity contribution in [3.05, 3.63) is 88.1 Å². The molecule has 40 heavy (non-hydrogen) atoms. The lowest BCUT2D eigenvalue weighted by Crippen LogP contribution is -2.30. The fourth-order valence-corrected chi connectivity index (χ4v) is 4.13. The van der Waals surface area contributed by atoms with Crippen molar-refractivity contribution in [2.75, 3.05) is 26.1 Å². The summed E-state index contributed by atoms with van der Waals surface area (Å²) in [5.41, 5.74) is 1.42. The number of carbonyl (C=O) groups is 3. The van der Waals surface area contributed by atoms with E-state index in [1.807, 2.05) is 0 Å². The molecule has 3 N–H and O–H groups in total. The number of esters is 1. The van der Waals surface area contributed by atoms with Gasteiger partial charge in [-0.3, -0.25) is 28.9 Å². The number of carboxylic acids is 1. The molecule has 1 amide bonds. The highest BCUT2D eigenvalue weighted by Crippen LogP contribution is 2.32. The first-order valence-corrected chi connectivity index (χ1v) is 11.9. The molecule has 0 aliphatic heterocycles. The van der Waals surface area contributed by atoms with Crippen LogP contribution in [0.5, 0.6) is 5.75 Å². The van der Waals surface area contributed by atoms with E-state index in [0.717, 1.165) is 0 Å². The van der Waals surface area contributed by atoms with E-state index in [2.05, 4.69) is 15.6 Å². The first-order chi connectivity index (χ1) is 19.2. The number of nitro benzene ring substituents is 1. The highest BCUT2D eigenvalue weighted by atomic mass is 16.6. The maximum Gasteiger partial charge on any atom is 0.325 e. The molecule has 0 aliphatic rings. The van der Waals surface area contributed by atoms with Crippen molar-refractivity contribution in [3.63, 3.8) is 0 Å². The average Bonchev–Trinajstić information content (AvgIpc) is 3.34. The van der Waals surface area contributed by atoms with Gasteiger partial charge in [-0.1, -0.05) is 24.3 Å². The monoisotopic (exact) mass is 547 g/mol. The summed E-state index contributed by atoms with van der Waals surface area (Å²) in [6, 6.07) is 14.5. The summed E-state index contributed by atoms with van der Waals surface area (Å²) in [5.74, 6) is -1.40. The Bertz CT molecular complexity index is 1600. The molecule has 13 nitrogen and oxygen atoms in total. The molecule has 0 saturated heterocycles. The van der Waals surface area contributed by atoms with Crippen LogP contribution in [0.2, 0.25) is 0 Å². The number of ether oxygens (including phenoxy) is 2. The van der Waals surface area contributed by atoms with Crippen molar-refractivity contribution in [1.82, 2.24) is 14.7 Å². The Hall–Kier alpha value is -5.46. The van der Waals surface area contributed by atoms with Gasteiger partial charge in [0.2, 0.25) is 0 Å². The summed E-state index contributed by atoms with van der Waals surface area (Å²) in [6.07, 6.45) is 1.14. The number of non-ortho nitro benzene ring substituents is 1. The number of aromatic nitrogens is 2. The van der Waals surface area contributed by atoms with Gasteiger partial charge in [-0.05, 0) is 29.8 Å². The fourth-order valence-electron chi connectivity index (χ4n) is 4.13. The lowest BCUT2D eigenvalue weighted by molar-refractivity contribution is -0.384. The lowest BCUT2D eigenvalue weighted by atomic mass is 10.0. The van der Waals surface area contributed by atoms with Crippen LogP contribution in [0.4, 0.5) is 11.5 Å². The normalized spacial score (nSPS) is 11.4. The first-order valence-electron chi connectivity index (χ1n) is 11.9. The van der Waals surface area contributed by atoms with E-state index in [1.54, 1.807) is 40.9 Å². The van der Waals surface area contributed by atoms with E-state index in [-0.39, 0.29) is 29.0 Å². The number of nitro groups is 1. The minimum Gasteiger partial charge on any atom is -0.497 e. The van der Waals surface area contributed by atoms with Crippen LogP contribution in [0.1, 0.15) is 28.4 Å². The van der Waals surface area contributed by atoms with Crippen LogP contribution in [-0.4, -0.2) is 58.0 Å². The molecule has 2 aromatic heterocycles. The Balaban J connectivity index is 1.78. The first kappa shape index (κ1) is 27.6. The van der Waals surface area contributed by atoms with E-state index >= 15 is 0 Å². The molecule has 1 atom stereocenters. The van der Waals surface area contributed by atoms with Gasteiger partial charge < -0.3 is 25.2 Å². The number of imidazole rings is 1. The predicted molar refractivity (Wildman–Crippen MR) is 143 cm³/mol. The van der Waals surface area contributed by atoms with Crippen LogP contribution in [0.15, 0.2) is 66.9 Å². The van der Waals surface area contributed by atoms with E-state index in [1.165, 1.54) is 44.6 Å². The molecule has 4 rings (SSSR count). The van der Waals surface area contributed by atoms with Crippen LogP contribution < -0.4 is 15.4 Å². The van der Waals surface area contributed by atoms with Gasteiger partial charge in [-0.2, -0.15) is 0 Å². The summed E-state index contributed by atoms with van der Waals surface area (Å²) in [6.45, 7) is -0.175. The number of amides is 1. The maximum absolute atomic E-state index is 13.5. The van der Waals surface area contributed by atoms with E-state index in [4.69, 9.17) is 9.47 Å². The number of anilines is 1. The number of nitrogens with zero attached hydrogens (tertiary/aromatic N) is 3. The topological polar surface area (TPSA) is 174 Å². The molecule has 2 aromatic carbocycles. The number of pyridine rings is 1. The molecule has 1 unspecified atom stereocenters. The number of fused-ring (bicyclic) bond motifs is 1. The van der Waals surface area contributed by atoms with Crippen molar-refractivity contribution >= 4 is 35.0 Å². The van der Waals surface area contributed by atoms with Crippen LogP contribution in [0.25, 0.3) is 16.9 Å². The molecule has 0 aliphatic carbocycles. The number of aliphatic carboxylic acids is 1. The summed E-state index contributed by atoms with van der Waals surface area (Å²) in [5, 5.41) is 26.4. The second-order valence-corrected chi connectivity index (χ2v) is 8.56. The Morgan fingerprint density at radius 2 is 1.88 bits per heavy atom. The van der Waals surface area contributed by atoms with Crippen LogP contribution in [0.3, 0.4) is 0 Å². The number of nitrogens with one attached hydrogen (secondary N) is 2. The smallest absolute Gasteiger partial charge is 0.325 e. The second kappa shape index (κ2) is 11.9. The van der Waals surface area contributed by atoms with Gasteiger partial charge in [-0.25, -0.2) is 4.98 Å². The van der Waals surface area contributed by atoms with Crippen LogP contribution in [0, 0.1) is 10.1 Å². The molecule has 0 bridgehead atoms. The molecule has 13 heteroatoms. The molecule has 206 valence electrons. The Kier molecular flexibility index (Phi) is 8.23. The number of rotatable bonds is 11. The molecule has 0 saturated carbocycles. The third kappa shape index (κ3) is 5.99. The highest BCUT2D eigenvalue weighted by molar-refractivity contribution is 6.01. The highest BCUT2D eigenvalue weighted by Gasteiger charge is 2.24. The summed E-state index contributed by atoms with van der Waals surface area (Å²) < 4.78 is 11.7. The minimum absolute atomic E-state index is 0.110. The van der Waals surface area contributed by atoms with Gasteiger partial charge in [0.05, 0.1) is 37.2 Å². The van der Waals surface area contributed by atoms with E-state index in [0.29, 0.717) is 22.8 Å². The quantitative estimate of drug-likeness (QED) is 0.143. The second-order valence-electron chi connectivity index (χ2n) is 8.56. The summed E-state index contributed by atoms with van der Waals surface area (Å²) >= 11 is 0. The number of carbonyl (C=O) groups excluding carboxylic acids is 2. The largest absolute Gasteiger partial charge is 0.497 e. The zero-order chi connectivity index (χ0) is 28.8. The number of benzene rings is 2. The van der Waals surface area contributed by atoms with E-state index < -0.39 is 35.2 Å². The van der Waals surface area contributed by atoms with Crippen LogP contribution in [-0.2, 0) is 14.3 Å². The van der Waals surface area contributed by atoms with Crippen molar-refractivity contribution in [3.8, 4) is 17.0 Å². The third-order valence-electron chi connectivity index (χ3n) is 6.03. The fraction of sp³-hybridized carbons (Fsp3) is 0.185. The third-order valence-corrected chi connectivity index (χ3v) is 6.03. The van der Waals surface area contributed by atoms with Crippen molar-refractivity contribution in [2.24, 2.45) is 0 Å². The summed E-state index contributed by atoms with van der Waals surface area (Å²) in [4.78, 5) is 52.3. The van der Waals surface area contributed by atoms with Gasteiger partial charge in [0.1, 0.15) is 23.8 Å². The molecular weight excluding hydrogens is 522 g/mol. The Labute approximate surface area is 227 Å². The molecule has 0 fully saturated rings. The Morgan fingerprint density at radius 1 is 1.10 bits per heavy atom. The lowest BCUT2D eigenvalue weighted by Gasteiger charge is -2.17. The van der Waals surface area contributed by atoms with Crippen LogP contribution >= 0.6 is 0 Å². The molecule has 0 radical (unpaired) electrons. The van der Waals surface area contributed by atoms with Crippen molar-refractivity contribution < 1.29 is 33.9 Å². The van der Waals surface area contributed by atoms with Crippen molar-refractivity contribution in [2.45, 2.75) is 12.5 Å². The van der Waals surface area contributed by atoms with Crippen molar-refractivity contribution in [1.29, 1.82) is 0 Å². The predicted octanol–water partition coefficient (Wildman–Crippen LogP) is 3.45. The SMILES string of the molecule is COC(=O)CNc1c(-c2cccc(OC)c2)nc2c(C(=O)NC(CC(=O)O)c3cccc([N+](=O)[O-])c3)cccn12.